The molecular formula is C18H20FN7O. The molecule has 3 aromatic rings. The lowest BCUT2D eigenvalue weighted by Crippen LogP contribution is -2.52. The second-order valence-corrected chi connectivity index (χ2v) is 6.27. The summed E-state index contributed by atoms with van der Waals surface area (Å²) in [7, 11) is 0. The van der Waals surface area contributed by atoms with Crippen molar-refractivity contribution in [2.75, 3.05) is 37.6 Å². The highest BCUT2D eigenvalue weighted by Gasteiger charge is 2.22. The first-order valence-electron chi connectivity index (χ1n) is 8.92. The zero-order valence-corrected chi connectivity index (χ0v) is 15.0. The molecule has 1 saturated heterocycles. The molecule has 0 bridgehead atoms. The first-order valence-corrected chi connectivity index (χ1v) is 8.92. The van der Waals surface area contributed by atoms with Gasteiger partial charge in [-0.15, -0.1) is 15.3 Å². The fourth-order valence-electron chi connectivity index (χ4n) is 3.16. The number of amides is 2. The number of benzene rings is 1. The van der Waals surface area contributed by atoms with Gasteiger partial charge in [0.2, 0.25) is 0 Å². The standard InChI is InChI=1S/C18H20FN7O/c1-2-20-18(27)25-11-9-24(10-12-25)16-8-7-15-21-22-17(26(15)23-16)13-5-3-4-6-14(13)19/h3-8H,2,9-12H2,1H3,(H,20,27). The van der Waals surface area contributed by atoms with E-state index < -0.39 is 0 Å². The second kappa shape index (κ2) is 7.18. The van der Waals surface area contributed by atoms with E-state index in [9.17, 15) is 9.18 Å². The van der Waals surface area contributed by atoms with E-state index in [2.05, 4.69) is 25.5 Å². The molecule has 9 heteroatoms. The molecule has 0 spiro atoms. The summed E-state index contributed by atoms with van der Waals surface area (Å²) in [6.45, 7) is 5.10. The zero-order chi connectivity index (χ0) is 18.8. The third kappa shape index (κ3) is 3.27. The fraction of sp³-hybridized carbons (Fsp3) is 0.333. The minimum absolute atomic E-state index is 0.0405. The van der Waals surface area contributed by atoms with Gasteiger partial charge in [0.05, 0.1) is 5.56 Å². The Labute approximate surface area is 155 Å². The lowest BCUT2D eigenvalue weighted by Gasteiger charge is -2.35. The maximum absolute atomic E-state index is 14.2. The molecule has 1 fully saturated rings. The van der Waals surface area contributed by atoms with E-state index in [4.69, 9.17) is 0 Å². The van der Waals surface area contributed by atoms with Crippen LogP contribution >= 0.6 is 0 Å². The molecule has 0 saturated carbocycles. The molecular weight excluding hydrogens is 349 g/mol. The smallest absolute Gasteiger partial charge is 0.317 e. The van der Waals surface area contributed by atoms with E-state index in [0.29, 0.717) is 49.8 Å². The summed E-state index contributed by atoms with van der Waals surface area (Å²) in [6.07, 6.45) is 0. The monoisotopic (exact) mass is 369 g/mol. The Hall–Kier alpha value is -3.23. The third-order valence-corrected chi connectivity index (χ3v) is 4.58. The Balaban J connectivity index is 1.58. The van der Waals surface area contributed by atoms with Crippen LogP contribution in [0.4, 0.5) is 15.0 Å². The van der Waals surface area contributed by atoms with E-state index >= 15 is 0 Å². The number of nitrogens with one attached hydrogen (secondary N) is 1. The van der Waals surface area contributed by atoms with Crippen molar-refractivity contribution < 1.29 is 9.18 Å². The van der Waals surface area contributed by atoms with Gasteiger partial charge in [0, 0.05) is 32.7 Å². The van der Waals surface area contributed by atoms with E-state index in [-0.39, 0.29) is 11.8 Å². The summed E-state index contributed by atoms with van der Waals surface area (Å²) in [5, 5.41) is 15.6. The summed E-state index contributed by atoms with van der Waals surface area (Å²) in [6, 6.07) is 10.1. The van der Waals surface area contributed by atoms with Gasteiger partial charge >= 0.3 is 6.03 Å². The quantitative estimate of drug-likeness (QED) is 0.761. The van der Waals surface area contributed by atoms with Crippen molar-refractivity contribution in [3.63, 3.8) is 0 Å². The molecule has 3 heterocycles. The van der Waals surface area contributed by atoms with Crippen LogP contribution in [-0.4, -0.2) is 63.5 Å². The van der Waals surface area contributed by atoms with Gasteiger partial charge in [-0.05, 0) is 31.2 Å². The van der Waals surface area contributed by atoms with Crippen LogP contribution < -0.4 is 10.2 Å². The van der Waals surface area contributed by atoms with E-state index in [0.717, 1.165) is 5.82 Å². The molecule has 1 aliphatic heterocycles. The van der Waals surface area contributed by atoms with Crippen LogP contribution in [0.15, 0.2) is 36.4 Å². The zero-order valence-electron chi connectivity index (χ0n) is 15.0. The lowest BCUT2D eigenvalue weighted by atomic mass is 10.2. The van der Waals surface area contributed by atoms with Crippen LogP contribution in [0, 0.1) is 5.82 Å². The normalized spacial score (nSPS) is 14.6. The van der Waals surface area contributed by atoms with Gasteiger partial charge in [0.1, 0.15) is 11.6 Å². The SMILES string of the molecule is CCNC(=O)N1CCN(c2ccc3nnc(-c4ccccc4F)n3n2)CC1. The number of anilines is 1. The predicted molar refractivity (Wildman–Crippen MR) is 99.0 cm³/mol. The number of carbonyl (C=O) groups is 1. The fourth-order valence-corrected chi connectivity index (χ4v) is 3.16. The van der Waals surface area contributed by atoms with Gasteiger partial charge < -0.3 is 15.1 Å². The van der Waals surface area contributed by atoms with Gasteiger partial charge in [0.25, 0.3) is 0 Å². The van der Waals surface area contributed by atoms with Crippen LogP contribution in [0.25, 0.3) is 17.0 Å². The van der Waals surface area contributed by atoms with Gasteiger partial charge in [-0.2, -0.15) is 4.52 Å². The second-order valence-electron chi connectivity index (χ2n) is 6.27. The Morgan fingerprint density at radius 3 is 2.63 bits per heavy atom. The lowest BCUT2D eigenvalue weighted by molar-refractivity contribution is 0.195. The summed E-state index contributed by atoms with van der Waals surface area (Å²) in [5.41, 5.74) is 0.911. The van der Waals surface area contributed by atoms with Crippen molar-refractivity contribution in [1.29, 1.82) is 0 Å². The Bertz CT molecular complexity index is 965. The van der Waals surface area contributed by atoms with E-state index in [1.807, 2.05) is 19.1 Å². The van der Waals surface area contributed by atoms with Crippen molar-refractivity contribution >= 4 is 17.5 Å². The molecule has 140 valence electrons. The van der Waals surface area contributed by atoms with E-state index in [1.54, 1.807) is 27.6 Å². The number of carbonyl (C=O) groups excluding carboxylic acids is 1. The molecule has 1 N–H and O–H groups in total. The number of piperazine rings is 1. The number of hydrogen-bond donors (Lipinski definition) is 1. The maximum Gasteiger partial charge on any atom is 0.317 e. The topological polar surface area (TPSA) is 78.7 Å². The molecule has 0 radical (unpaired) electrons. The number of fused-ring (bicyclic) bond motifs is 1. The number of halogens is 1. The Morgan fingerprint density at radius 2 is 1.89 bits per heavy atom. The maximum atomic E-state index is 14.2. The molecule has 4 rings (SSSR count). The number of rotatable bonds is 3. The Morgan fingerprint density at radius 1 is 1.11 bits per heavy atom. The number of nitrogens with zero attached hydrogens (tertiary/aromatic N) is 6. The minimum atomic E-state index is -0.366. The van der Waals surface area contributed by atoms with Gasteiger partial charge in [-0.3, -0.25) is 0 Å². The number of aromatic nitrogens is 4. The molecule has 0 aliphatic carbocycles. The van der Waals surface area contributed by atoms with Crippen molar-refractivity contribution in [2.24, 2.45) is 0 Å². The number of hydrogen-bond acceptors (Lipinski definition) is 5. The molecule has 1 aromatic carbocycles. The first kappa shape index (κ1) is 17.2. The molecule has 0 unspecified atom stereocenters. The third-order valence-electron chi connectivity index (χ3n) is 4.58. The molecule has 1 aliphatic rings. The Kier molecular flexibility index (Phi) is 4.57. The van der Waals surface area contributed by atoms with Crippen molar-refractivity contribution in [3.8, 4) is 11.4 Å². The molecule has 0 atom stereocenters. The van der Waals surface area contributed by atoms with Crippen LogP contribution in [0.2, 0.25) is 0 Å². The highest BCUT2D eigenvalue weighted by molar-refractivity contribution is 5.74. The molecule has 27 heavy (non-hydrogen) atoms. The summed E-state index contributed by atoms with van der Waals surface area (Å²) in [5.74, 6) is 0.746. The van der Waals surface area contributed by atoms with Crippen molar-refractivity contribution in [3.05, 3.63) is 42.2 Å². The van der Waals surface area contributed by atoms with Gasteiger partial charge in [-0.1, -0.05) is 12.1 Å². The van der Waals surface area contributed by atoms with Crippen LogP contribution in [0.1, 0.15) is 6.92 Å². The molecule has 2 aromatic heterocycles. The van der Waals surface area contributed by atoms with Crippen molar-refractivity contribution in [1.82, 2.24) is 30.0 Å². The van der Waals surface area contributed by atoms with E-state index in [1.165, 1.54) is 6.07 Å². The van der Waals surface area contributed by atoms with Gasteiger partial charge in [-0.25, -0.2) is 9.18 Å². The van der Waals surface area contributed by atoms with Gasteiger partial charge in [0.15, 0.2) is 11.5 Å². The highest BCUT2D eigenvalue weighted by atomic mass is 19.1. The average molecular weight is 369 g/mol. The predicted octanol–water partition coefficient (Wildman–Crippen LogP) is 1.78. The van der Waals surface area contributed by atoms with Crippen molar-refractivity contribution in [2.45, 2.75) is 6.92 Å². The van der Waals surface area contributed by atoms with Crippen LogP contribution in [0.3, 0.4) is 0 Å². The molecule has 8 nitrogen and oxygen atoms in total. The first-order chi connectivity index (χ1) is 13.2. The average Bonchev–Trinajstić information content (AvgIpc) is 3.12. The largest absolute Gasteiger partial charge is 0.352 e. The van der Waals surface area contributed by atoms with Crippen LogP contribution in [0.5, 0.6) is 0 Å². The summed E-state index contributed by atoms with van der Waals surface area (Å²) >= 11 is 0. The number of urea groups is 1. The molecule has 2 amide bonds. The van der Waals surface area contributed by atoms with Crippen LogP contribution in [-0.2, 0) is 0 Å². The summed E-state index contributed by atoms with van der Waals surface area (Å²) in [4.78, 5) is 15.8. The highest BCUT2D eigenvalue weighted by Crippen LogP contribution is 2.22. The summed E-state index contributed by atoms with van der Waals surface area (Å²) < 4.78 is 15.7. The minimum Gasteiger partial charge on any atom is -0.352 e.